The first kappa shape index (κ1) is 76.1. The van der Waals surface area contributed by atoms with Gasteiger partial charge in [0.15, 0.2) is 12.4 Å². The maximum absolute atomic E-state index is 13.4. The van der Waals surface area contributed by atoms with E-state index in [0.29, 0.717) is 12.8 Å². The predicted octanol–water partition coefficient (Wildman–Crippen LogP) is 16.7. The third kappa shape index (κ3) is 45.2. The van der Waals surface area contributed by atoms with E-state index in [9.17, 15) is 35.1 Å². The minimum absolute atomic E-state index is 0.119. The summed E-state index contributed by atoms with van der Waals surface area (Å²) in [5.41, 5.74) is 0. The van der Waals surface area contributed by atoms with E-state index in [2.05, 4.69) is 74.7 Å². The standard InChI is InChI=1S/C70H125NO10/c1-4-7-10-13-16-19-22-25-27-29-30-31-32-33-34-35-37-40-43-46-49-52-55-58-65(75)81-68-67(77)66(76)64(59-72)80-70(68)79-60-61(62(73)56-53-50-47-44-41-38-24-21-18-15-12-9-6-3)71-69(78)63(74)57-54-51-48-45-42-39-36-28-26-23-20-17-14-11-8-5-2/h8,11,17,20,26,28,39,42,48,51,53,56,61-64,66-68,70,72-74,76-77H,4-7,9-10,12-16,18-19,21-25,27,29-38,40-41,43-47,49-50,52,54-55,57-60H2,1-3H3,(H,71,78)/b11-8-,20-17-,28-26-,42-39-,51-48-,56-53+. The van der Waals surface area contributed by atoms with E-state index in [-0.39, 0.29) is 19.4 Å². The molecule has 470 valence electrons. The highest BCUT2D eigenvalue weighted by Crippen LogP contribution is 2.26. The molecule has 8 unspecified atom stereocenters. The monoisotopic (exact) mass is 1140 g/mol. The van der Waals surface area contributed by atoms with E-state index in [0.717, 1.165) is 77.0 Å². The molecule has 1 rings (SSSR count). The van der Waals surface area contributed by atoms with Crippen LogP contribution in [0.25, 0.3) is 0 Å². The van der Waals surface area contributed by atoms with E-state index >= 15 is 0 Å². The van der Waals surface area contributed by atoms with Gasteiger partial charge in [-0.05, 0) is 64.2 Å². The summed E-state index contributed by atoms with van der Waals surface area (Å²) >= 11 is 0. The van der Waals surface area contributed by atoms with Gasteiger partial charge in [0.2, 0.25) is 5.91 Å². The van der Waals surface area contributed by atoms with Gasteiger partial charge in [-0.3, -0.25) is 9.59 Å². The number of unbranched alkanes of at least 4 members (excludes halogenated alkanes) is 33. The van der Waals surface area contributed by atoms with Crippen LogP contribution in [-0.4, -0.2) is 99.6 Å². The number of esters is 1. The SMILES string of the molecule is CC/C=C\C/C=C\C/C=C\C/C=C\C/C=C\CCC(O)C(=O)NC(COC1OC(CO)C(O)C(O)C1OC(=O)CCCCCCCCCCCCCCCCCCCCCCCCC)C(O)/C=C/CCCCCCCCCCCCC. The summed E-state index contributed by atoms with van der Waals surface area (Å²) in [5.74, 6) is -1.25. The van der Waals surface area contributed by atoms with Gasteiger partial charge in [0.05, 0.1) is 25.4 Å². The lowest BCUT2D eigenvalue weighted by Gasteiger charge is -2.41. The number of aliphatic hydroxyl groups excluding tert-OH is 5. The molecule has 0 aromatic rings. The van der Waals surface area contributed by atoms with Gasteiger partial charge in [0.1, 0.15) is 24.4 Å². The highest BCUT2D eigenvalue weighted by Gasteiger charge is 2.47. The zero-order chi connectivity index (χ0) is 58.9. The lowest BCUT2D eigenvalue weighted by molar-refractivity contribution is -0.305. The Hall–Kier alpha value is -2.90. The quantitative estimate of drug-likeness (QED) is 0.0195. The van der Waals surface area contributed by atoms with Crippen molar-refractivity contribution in [2.75, 3.05) is 13.2 Å². The molecular weight excluding hydrogens is 1010 g/mol. The fourth-order valence-electron chi connectivity index (χ4n) is 10.3. The Kier molecular flexibility index (Phi) is 54.1. The molecule has 0 spiro atoms. The Balaban J connectivity index is 2.64. The number of carbonyl (C=O) groups excluding carboxylic acids is 2. The number of rotatable bonds is 57. The van der Waals surface area contributed by atoms with Crippen LogP contribution in [0, 0.1) is 0 Å². The van der Waals surface area contributed by atoms with Gasteiger partial charge in [0, 0.05) is 6.42 Å². The summed E-state index contributed by atoms with van der Waals surface area (Å²) in [6.07, 6.45) is 63.9. The van der Waals surface area contributed by atoms with Crippen LogP contribution in [-0.2, 0) is 23.8 Å². The molecule has 1 aliphatic rings. The van der Waals surface area contributed by atoms with Gasteiger partial charge in [-0.1, -0.05) is 299 Å². The summed E-state index contributed by atoms with van der Waals surface area (Å²) in [6.45, 7) is 5.67. The van der Waals surface area contributed by atoms with Gasteiger partial charge in [-0.15, -0.1) is 0 Å². The van der Waals surface area contributed by atoms with Crippen molar-refractivity contribution in [1.82, 2.24) is 5.32 Å². The van der Waals surface area contributed by atoms with Gasteiger partial charge >= 0.3 is 5.97 Å². The molecule has 0 aromatic carbocycles. The molecule has 6 N–H and O–H groups in total. The van der Waals surface area contributed by atoms with Crippen LogP contribution in [0.3, 0.4) is 0 Å². The second kappa shape index (κ2) is 57.5. The van der Waals surface area contributed by atoms with Gasteiger partial charge < -0.3 is 45.1 Å². The van der Waals surface area contributed by atoms with Crippen LogP contribution < -0.4 is 5.32 Å². The number of ether oxygens (including phenoxy) is 3. The molecule has 0 saturated carbocycles. The van der Waals surface area contributed by atoms with Crippen molar-refractivity contribution in [3.8, 4) is 0 Å². The molecule has 11 heteroatoms. The minimum atomic E-state index is -1.62. The van der Waals surface area contributed by atoms with Crippen LogP contribution >= 0.6 is 0 Å². The van der Waals surface area contributed by atoms with E-state index in [4.69, 9.17) is 14.2 Å². The van der Waals surface area contributed by atoms with Crippen LogP contribution in [0.4, 0.5) is 0 Å². The van der Waals surface area contributed by atoms with Crippen molar-refractivity contribution >= 4 is 11.9 Å². The van der Waals surface area contributed by atoms with Crippen molar-refractivity contribution in [2.45, 2.75) is 346 Å². The topological polar surface area (TPSA) is 175 Å². The van der Waals surface area contributed by atoms with Crippen LogP contribution in [0.15, 0.2) is 72.9 Å². The van der Waals surface area contributed by atoms with Crippen LogP contribution in [0.2, 0.25) is 0 Å². The Labute approximate surface area is 496 Å². The van der Waals surface area contributed by atoms with Gasteiger partial charge in [-0.25, -0.2) is 0 Å². The minimum Gasteiger partial charge on any atom is -0.454 e. The summed E-state index contributed by atoms with van der Waals surface area (Å²) in [5, 5.41) is 57.0. The summed E-state index contributed by atoms with van der Waals surface area (Å²) < 4.78 is 17.6. The molecule has 8 atom stereocenters. The number of amides is 1. The molecule has 81 heavy (non-hydrogen) atoms. The number of nitrogens with one attached hydrogen (secondary N) is 1. The molecule has 1 aliphatic heterocycles. The number of hydrogen-bond acceptors (Lipinski definition) is 10. The molecular formula is C70H125NO10. The average Bonchev–Trinajstić information content (AvgIpc) is 3.47. The van der Waals surface area contributed by atoms with Crippen molar-refractivity contribution in [2.24, 2.45) is 0 Å². The first-order valence-corrected chi connectivity index (χ1v) is 33.7. The fourth-order valence-corrected chi connectivity index (χ4v) is 10.3. The maximum Gasteiger partial charge on any atom is 0.306 e. The third-order valence-corrected chi connectivity index (χ3v) is 15.6. The fraction of sp³-hybridized carbons (Fsp3) is 0.800. The second-order valence-corrected chi connectivity index (χ2v) is 23.2. The Morgan fingerprint density at radius 2 is 0.889 bits per heavy atom. The highest BCUT2D eigenvalue weighted by molar-refractivity contribution is 5.80. The van der Waals surface area contributed by atoms with E-state index < -0.39 is 67.4 Å². The number of allylic oxidation sites excluding steroid dienone is 11. The van der Waals surface area contributed by atoms with Crippen molar-refractivity contribution in [1.29, 1.82) is 0 Å². The zero-order valence-electron chi connectivity index (χ0n) is 52.1. The number of carbonyl (C=O) groups is 2. The lowest BCUT2D eigenvalue weighted by Crippen LogP contribution is -2.61. The first-order valence-electron chi connectivity index (χ1n) is 33.7. The second-order valence-electron chi connectivity index (χ2n) is 23.2. The van der Waals surface area contributed by atoms with Crippen LogP contribution in [0.5, 0.6) is 0 Å². The number of hydrogen-bond donors (Lipinski definition) is 6. The highest BCUT2D eigenvalue weighted by atomic mass is 16.7. The van der Waals surface area contributed by atoms with Crippen molar-refractivity contribution < 1.29 is 49.3 Å². The maximum atomic E-state index is 13.4. The van der Waals surface area contributed by atoms with Crippen molar-refractivity contribution in [3.63, 3.8) is 0 Å². The molecule has 0 bridgehead atoms. The summed E-state index contributed by atoms with van der Waals surface area (Å²) in [7, 11) is 0. The molecule has 0 radical (unpaired) electrons. The smallest absolute Gasteiger partial charge is 0.306 e. The largest absolute Gasteiger partial charge is 0.454 e. The molecule has 11 nitrogen and oxygen atoms in total. The third-order valence-electron chi connectivity index (χ3n) is 15.6. The zero-order valence-corrected chi connectivity index (χ0v) is 52.1. The molecule has 0 aromatic heterocycles. The summed E-state index contributed by atoms with van der Waals surface area (Å²) in [6, 6.07) is -1.06. The van der Waals surface area contributed by atoms with E-state index in [1.54, 1.807) is 6.08 Å². The molecule has 1 heterocycles. The molecule has 1 fully saturated rings. The molecule has 1 amide bonds. The van der Waals surface area contributed by atoms with E-state index in [1.165, 1.54) is 173 Å². The van der Waals surface area contributed by atoms with Gasteiger partial charge in [-0.2, -0.15) is 0 Å². The molecule has 1 saturated heterocycles. The average molecular weight is 1140 g/mol. The Morgan fingerprint density at radius 1 is 0.494 bits per heavy atom. The lowest BCUT2D eigenvalue weighted by atomic mass is 9.99. The Bertz CT molecular complexity index is 1590. The van der Waals surface area contributed by atoms with Gasteiger partial charge in [0.25, 0.3) is 0 Å². The van der Waals surface area contributed by atoms with E-state index in [1.807, 2.05) is 18.2 Å². The number of aliphatic hydroxyl groups is 5. The summed E-state index contributed by atoms with van der Waals surface area (Å²) in [4.78, 5) is 26.6. The predicted molar refractivity (Wildman–Crippen MR) is 338 cm³/mol. The van der Waals surface area contributed by atoms with Crippen molar-refractivity contribution in [3.05, 3.63) is 72.9 Å². The first-order chi connectivity index (χ1) is 39.7. The normalized spacial score (nSPS) is 19.1. The van der Waals surface area contributed by atoms with Crippen LogP contribution in [0.1, 0.15) is 297 Å². The molecule has 0 aliphatic carbocycles. The Morgan fingerprint density at radius 3 is 1.31 bits per heavy atom.